The first kappa shape index (κ1) is 17.9. The number of hydrogen-bond acceptors (Lipinski definition) is 3. The Morgan fingerprint density at radius 2 is 1.88 bits per heavy atom. The molecule has 0 saturated heterocycles. The van der Waals surface area contributed by atoms with Gasteiger partial charge in [-0.25, -0.2) is 10.4 Å². The largest absolute Gasteiger partial charge is 0.303 e. The molecule has 6 heteroatoms. The lowest BCUT2D eigenvalue weighted by molar-refractivity contribution is 0.0955. The molecule has 3 rings (SSSR count). The molecule has 0 aliphatic carbocycles. The topological polar surface area (TPSA) is 59.3 Å². The van der Waals surface area contributed by atoms with Gasteiger partial charge < -0.3 is 4.57 Å². The first-order valence-electron chi connectivity index (χ1n) is 8.16. The number of nitrogens with one attached hydrogen (secondary N) is 1. The molecule has 0 aliphatic heterocycles. The molecular formula is C20H19ClN4O. The maximum absolute atomic E-state index is 12.1. The molecule has 0 radical (unpaired) electrons. The highest BCUT2D eigenvalue weighted by molar-refractivity contribution is 6.30. The predicted molar refractivity (Wildman–Crippen MR) is 104 cm³/mol. The Bertz CT molecular complexity index is 974. The van der Waals surface area contributed by atoms with Gasteiger partial charge in [-0.1, -0.05) is 11.6 Å². The maximum Gasteiger partial charge on any atom is 0.271 e. The molecule has 26 heavy (non-hydrogen) atoms. The molecule has 2 aromatic heterocycles. The first-order valence-corrected chi connectivity index (χ1v) is 8.54. The highest BCUT2D eigenvalue weighted by Gasteiger charge is 2.10. The van der Waals surface area contributed by atoms with Crippen LogP contribution < -0.4 is 5.43 Å². The van der Waals surface area contributed by atoms with Crippen LogP contribution in [0.1, 0.15) is 32.9 Å². The van der Waals surface area contributed by atoms with E-state index in [-0.39, 0.29) is 5.91 Å². The van der Waals surface area contributed by atoms with Crippen LogP contribution in [-0.2, 0) is 0 Å². The molecule has 1 amide bonds. The Balaban J connectivity index is 1.78. The number of hydrazone groups is 1. The molecule has 0 bridgehead atoms. The Kier molecular flexibility index (Phi) is 5.19. The second-order valence-electron chi connectivity index (χ2n) is 6.06. The number of amides is 1. The van der Waals surface area contributed by atoms with E-state index in [0.717, 1.165) is 28.3 Å². The fourth-order valence-electron chi connectivity index (χ4n) is 2.74. The SMILES string of the molecule is Cc1ccnc(-n2c(C)cc(/C=N\NC(=O)c3ccc(Cl)cc3)c2C)c1. The monoisotopic (exact) mass is 366 g/mol. The molecule has 1 N–H and O–H groups in total. The van der Waals surface area contributed by atoms with Crippen LogP contribution in [0.25, 0.3) is 5.82 Å². The highest BCUT2D eigenvalue weighted by atomic mass is 35.5. The second-order valence-corrected chi connectivity index (χ2v) is 6.50. The van der Waals surface area contributed by atoms with Gasteiger partial charge in [-0.15, -0.1) is 0 Å². The number of rotatable bonds is 4. The lowest BCUT2D eigenvalue weighted by atomic mass is 10.2. The van der Waals surface area contributed by atoms with E-state index in [0.29, 0.717) is 10.6 Å². The number of carbonyl (C=O) groups excluding carboxylic acids is 1. The van der Waals surface area contributed by atoms with Crippen molar-refractivity contribution in [3.05, 3.63) is 81.8 Å². The van der Waals surface area contributed by atoms with Crippen LogP contribution in [0, 0.1) is 20.8 Å². The third kappa shape index (κ3) is 3.83. The minimum absolute atomic E-state index is 0.285. The van der Waals surface area contributed by atoms with Crippen LogP contribution >= 0.6 is 11.6 Å². The van der Waals surface area contributed by atoms with E-state index in [2.05, 4.69) is 20.1 Å². The van der Waals surface area contributed by atoms with Crippen molar-refractivity contribution in [2.75, 3.05) is 0 Å². The number of nitrogens with zero attached hydrogens (tertiary/aromatic N) is 3. The lowest BCUT2D eigenvalue weighted by Crippen LogP contribution is -2.17. The summed E-state index contributed by atoms with van der Waals surface area (Å²) in [5.74, 6) is 0.580. The van der Waals surface area contributed by atoms with Crippen molar-refractivity contribution >= 4 is 23.7 Å². The minimum atomic E-state index is -0.285. The normalized spacial score (nSPS) is 11.1. The average Bonchev–Trinajstić information content (AvgIpc) is 2.89. The van der Waals surface area contributed by atoms with E-state index in [1.807, 2.05) is 39.0 Å². The zero-order valence-corrected chi connectivity index (χ0v) is 15.6. The van der Waals surface area contributed by atoms with Crippen LogP contribution in [0.4, 0.5) is 0 Å². The summed E-state index contributed by atoms with van der Waals surface area (Å²) < 4.78 is 2.06. The lowest BCUT2D eigenvalue weighted by Gasteiger charge is -2.08. The van der Waals surface area contributed by atoms with E-state index < -0.39 is 0 Å². The van der Waals surface area contributed by atoms with Crippen molar-refractivity contribution in [2.24, 2.45) is 5.10 Å². The van der Waals surface area contributed by atoms with Gasteiger partial charge in [0.05, 0.1) is 6.21 Å². The Morgan fingerprint density at radius 3 is 2.58 bits per heavy atom. The summed E-state index contributed by atoms with van der Waals surface area (Å²) in [7, 11) is 0. The van der Waals surface area contributed by atoms with E-state index in [4.69, 9.17) is 11.6 Å². The predicted octanol–water partition coefficient (Wildman–Crippen LogP) is 4.21. The van der Waals surface area contributed by atoms with Crippen molar-refractivity contribution in [1.29, 1.82) is 0 Å². The van der Waals surface area contributed by atoms with Gasteiger partial charge in [0.15, 0.2) is 0 Å². The summed E-state index contributed by atoms with van der Waals surface area (Å²) >= 11 is 5.83. The fourth-order valence-corrected chi connectivity index (χ4v) is 2.87. The van der Waals surface area contributed by atoms with Gasteiger partial charge in [0.2, 0.25) is 0 Å². The van der Waals surface area contributed by atoms with Gasteiger partial charge in [-0.2, -0.15) is 5.10 Å². The molecule has 0 spiro atoms. The summed E-state index contributed by atoms with van der Waals surface area (Å²) in [4.78, 5) is 16.5. The van der Waals surface area contributed by atoms with Crippen molar-refractivity contribution in [3.8, 4) is 5.82 Å². The van der Waals surface area contributed by atoms with Crippen LogP contribution in [0.15, 0.2) is 53.8 Å². The molecule has 1 aromatic carbocycles. The molecule has 0 aliphatic rings. The third-order valence-electron chi connectivity index (χ3n) is 4.08. The molecule has 0 fully saturated rings. The Hall–Kier alpha value is -2.92. The molecule has 2 heterocycles. The third-order valence-corrected chi connectivity index (χ3v) is 4.33. The van der Waals surface area contributed by atoms with Gasteiger partial charge >= 0.3 is 0 Å². The Labute approximate surface area is 157 Å². The zero-order chi connectivity index (χ0) is 18.7. The number of halogens is 1. The number of aryl methyl sites for hydroxylation is 2. The quantitative estimate of drug-likeness (QED) is 0.555. The molecule has 0 unspecified atom stereocenters. The second kappa shape index (κ2) is 7.54. The zero-order valence-electron chi connectivity index (χ0n) is 14.8. The molecule has 5 nitrogen and oxygen atoms in total. The summed E-state index contributed by atoms with van der Waals surface area (Å²) in [6, 6.07) is 12.7. The van der Waals surface area contributed by atoms with E-state index >= 15 is 0 Å². The van der Waals surface area contributed by atoms with Gasteiger partial charge in [0.25, 0.3) is 5.91 Å². The fraction of sp³-hybridized carbons (Fsp3) is 0.150. The number of pyridine rings is 1. The first-order chi connectivity index (χ1) is 12.5. The van der Waals surface area contributed by atoms with Crippen LogP contribution in [0.2, 0.25) is 5.02 Å². The van der Waals surface area contributed by atoms with Crippen molar-refractivity contribution < 1.29 is 4.79 Å². The van der Waals surface area contributed by atoms with Crippen molar-refractivity contribution in [2.45, 2.75) is 20.8 Å². The standard InChI is InChI=1S/C20H19ClN4O/c1-13-8-9-22-19(10-13)25-14(2)11-17(15(25)3)12-23-24-20(26)16-4-6-18(21)7-5-16/h4-12H,1-3H3,(H,24,26)/b23-12-. The maximum atomic E-state index is 12.1. The van der Waals surface area contributed by atoms with Gasteiger partial charge in [0.1, 0.15) is 5.82 Å². The molecular weight excluding hydrogens is 348 g/mol. The molecule has 3 aromatic rings. The van der Waals surface area contributed by atoms with E-state index in [1.54, 1.807) is 36.7 Å². The average molecular weight is 367 g/mol. The summed E-state index contributed by atoms with van der Waals surface area (Å²) in [6.07, 6.45) is 3.44. The molecule has 132 valence electrons. The van der Waals surface area contributed by atoms with Crippen LogP contribution in [-0.4, -0.2) is 21.7 Å². The van der Waals surface area contributed by atoms with Crippen LogP contribution in [0.3, 0.4) is 0 Å². The number of carbonyl (C=O) groups is 1. The smallest absolute Gasteiger partial charge is 0.271 e. The summed E-state index contributed by atoms with van der Waals surface area (Å²) in [6.45, 7) is 6.05. The number of benzene rings is 1. The minimum Gasteiger partial charge on any atom is -0.303 e. The molecule has 0 saturated carbocycles. The van der Waals surface area contributed by atoms with E-state index in [1.165, 1.54) is 0 Å². The van der Waals surface area contributed by atoms with Crippen molar-refractivity contribution in [3.63, 3.8) is 0 Å². The Morgan fingerprint density at radius 1 is 1.15 bits per heavy atom. The van der Waals surface area contributed by atoms with Crippen LogP contribution in [0.5, 0.6) is 0 Å². The van der Waals surface area contributed by atoms with Gasteiger partial charge in [-0.3, -0.25) is 4.79 Å². The number of aromatic nitrogens is 2. The van der Waals surface area contributed by atoms with Crippen molar-refractivity contribution in [1.82, 2.24) is 15.0 Å². The molecule has 0 atom stereocenters. The summed E-state index contributed by atoms with van der Waals surface area (Å²) in [5, 5.41) is 4.66. The number of hydrogen-bond donors (Lipinski definition) is 1. The highest BCUT2D eigenvalue weighted by Crippen LogP contribution is 2.18. The summed E-state index contributed by atoms with van der Waals surface area (Å²) in [5.41, 5.74) is 7.15. The van der Waals surface area contributed by atoms with E-state index in [9.17, 15) is 4.79 Å². The van der Waals surface area contributed by atoms with Gasteiger partial charge in [-0.05, 0) is 68.8 Å². The van der Waals surface area contributed by atoms with Gasteiger partial charge in [0, 0.05) is 33.7 Å².